The Kier molecular flexibility index (Phi) is 13.4. The number of methoxy groups -OCH3 is 1. The highest BCUT2D eigenvalue weighted by molar-refractivity contribution is 6.08. The van der Waals surface area contributed by atoms with E-state index in [1.54, 1.807) is 19.2 Å². The summed E-state index contributed by atoms with van der Waals surface area (Å²) in [6.45, 7) is 2.57. The van der Waals surface area contributed by atoms with Crippen LogP contribution < -0.4 is 26.4 Å². The Morgan fingerprint density at radius 3 is 2.47 bits per heavy atom. The van der Waals surface area contributed by atoms with Crippen LogP contribution in [0.1, 0.15) is 94.0 Å². The molecule has 11 nitrogen and oxygen atoms in total. The first kappa shape index (κ1) is 38.3. The first-order valence-electron chi connectivity index (χ1n) is 17.9. The molecule has 53 heavy (non-hydrogen) atoms. The third-order valence-corrected chi connectivity index (χ3v) is 9.23. The highest BCUT2D eigenvalue weighted by Gasteiger charge is 2.17. The van der Waals surface area contributed by atoms with Gasteiger partial charge in [-0.25, -0.2) is 0 Å². The molecule has 0 saturated heterocycles. The molecule has 0 radical (unpaired) electrons. The van der Waals surface area contributed by atoms with Gasteiger partial charge in [-0.1, -0.05) is 62.4 Å². The number of carbonyl (C=O) groups excluding carboxylic acids is 3. The number of hydrogen-bond acceptors (Lipinski definition) is 8. The Morgan fingerprint density at radius 2 is 1.70 bits per heavy atom. The van der Waals surface area contributed by atoms with Crippen molar-refractivity contribution in [2.45, 2.75) is 64.4 Å². The molecular weight excluding hydrogens is 670 g/mol. The Labute approximate surface area is 309 Å². The van der Waals surface area contributed by atoms with Crippen LogP contribution in [0.25, 0.3) is 10.9 Å². The van der Waals surface area contributed by atoms with Crippen molar-refractivity contribution < 1.29 is 29.3 Å². The Hall–Kier alpha value is -5.94. The average Bonchev–Trinajstić information content (AvgIpc) is 3.15. The van der Waals surface area contributed by atoms with Gasteiger partial charge >= 0.3 is 0 Å². The molecule has 3 amide bonds. The monoisotopic (exact) mass is 717 g/mol. The van der Waals surface area contributed by atoms with Crippen molar-refractivity contribution in [1.29, 1.82) is 0 Å². The predicted molar refractivity (Wildman–Crippen MR) is 208 cm³/mol. The minimum Gasteiger partial charge on any atom is -0.506 e. The van der Waals surface area contributed by atoms with E-state index in [0.29, 0.717) is 48.4 Å². The number of nitrogens with zero attached hydrogens (tertiary/aromatic N) is 1. The molecule has 0 aliphatic rings. The van der Waals surface area contributed by atoms with Crippen LogP contribution in [0.2, 0.25) is 0 Å². The number of pyridine rings is 1. The maximum Gasteiger partial charge on any atom is 0.252 e. The Bertz CT molecular complexity index is 2070. The van der Waals surface area contributed by atoms with Crippen molar-refractivity contribution in [3.05, 3.63) is 118 Å². The number of rotatable bonds is 19. The predicted octanol–water partition coefficient (Wildman–Crippen LogP) is 7.45. The summed E-state index contributed by atoms with van der Waals surface area (Å²) in [5, 5.41) is 29.9. The number of nitrogens with two attached hydrogens (primary N) is 1. The third kappa shape index (κ3) is 10.3. The second-order valence-corrected chi connectivity index (χ2v) is 13.2. The molecule has 7 N–H and O–H groups in total. The topological polar surface area (TPSA) is 176 Å². The molecule has 0 aliphatic heterocycles. The lowest BCUT2D eigenvalue weighted by atomic mass is 9.97. The number of aliphatic hydroxyl groups is 1. The number of carbonyl (C=O) groups is 3. The standard InChI is InChI=1S/C42H47N5O6/c1-27-19-29(22-34-39(27)45-25-35(41(43)51)40(34)47-32-13-10-14-33(24-32)53-2)20-28-11-9-12-31(21-28)42(52)44-18-8-6-4-3-5-7-15-37(49)30-16-17-38(50)36(23-30)46-26-48/h9-14,16-17,19,21-26,37,49-50H,3-8,15,18,20H2,1-2H3,(H2,43,51)(H,44,52)(H,45,47)(H,46,48)/t37-/m0/s1. The number of anilines is 3. The molecule has 4 aromatic carbocycles. The molecule has 0 bridgehead atoms. The number of aromatic nitrogens is 1. The lowest BCUT2D eigenvalue weighted by molar-refractivity contribution is -0.105. The summed E-state index contributed by atoms with van der Waals surface area (Å²) >= 11 is 0. The second kappa shape index (κ2) is 18.5. The number of phenolic OH excluding ortho intramolecular Hbond substituents is 1. The van der Waals surface area contributed by atoms with Gasteiger partial charge in [0.05, 0.1) is 35.7 Å². The molecule has 5 rings (SSSR count). The fourth-order valence-electron chi connectivity index (χ4n) is 6.46. The van der Waals surface area contributed by atoms with E-state index in [9.17, 15) is 24.6 Å². The summed E-state index contributed by atoms with van der Waals surface area (Å²) in [7, 11) is 1.60. The van der Waals surface area contributed by atoms with Gasteiger partial charge in [-0.3, -0.25) is 19.4 Å². The fourth-order valence-corrected chi connectivity index (χ4v) is 6.46. The number of primary amides is 1. The zero-order valence-electron chi connectivity index (χ0n) is 30.2. The molecule has 0 unspecified atom stereocenters. The number of benzene rings is 4. The SMILES string of the molecule is COc1cccc(Nc2c(C(N)=O)cnc3c(C)cc(Cc4cccc(C(=O)NCCCCCCCC[C@H](O)c5ccc(O)c(NC=O)c5)c4)cc23)c1. The number of aromatic hydroxyl groups is 1. The van der Waals surface area contributed by atoms with Crippen molar-refractivity contribution in [1.82, 2.24) is 10.3 Å². The quantitative estimate of drug-likeness (QED) is 0.0290. The summed E-state index contributed by atoms with van der Waals surface area (Å²) in [5.41, 5.74) is 12.6. The lowest BCUT2D eigenvalue weighted by Gasteiger charge is -2.16. The summed E-state index contributed by atoms with van der Waals surface area (Å²) in [5.74, 6) is -0.0674. The van der Waals surface area contributed by atoms with Gasteiger partial charge in [0.1, 0.15) is 11.5 Å². The van der Waals surface area contributed by atoms with E-state index in [1.165, 1.54) is 12.3 Å². The molecule has 276 valence electrons. The van der Waals surface area contributed by atoms with Crippen molar-refractivity contribution in [3.8, 4) is 11.5 Å². The van der Waals surface area contributed by atoms with Crippen LogP contribution in [0.5, 0.6) is 11.5 Å². The smallest absolute Gasteiger partial charge is 0.252 e. The normalized spacial score (nSPS) is 11.5. The first-order valence-corrected chi connectivity index (χ1v) is 17.9. The maximum absolute atomic E-state index is 13.0. The molecule has 0 aliphatic carbocycles. The van der Waals surface area contributed by atoms with Gasteiger partial charge < -0.3 is 36.6 Å². The van der Waals surface area contributed by atoms with E-state index in [0.717, 1.165) is 71.8 Å². The van der Waals surface area contributed by atoms with Gasteiger partial charge in [-0.05, 0) is 90.9 Å². The molecular formula is C42H47N5O6. The molecule has 1 aromatic heterocycles. The van der Waals surface area contributed by atoms with Gasteiger partial charge in [0.25, 0.3) is 11.8 Å². The third-order valence-electron chi connectivity index (χ3n) is 9.23. The number of hydrogen-bond donors (Lipinski definition) is 6. The first-order chi connectivity index (χ1) is 25.7. The number of amides is 3. The lowest BCUT2D eigenvalue weighted by Crippen LogP contribution is -2.24. The van der Waals surface area contributed by atoms with Crippen LogP contribution in [0.4, 0.5) is 17.1 Å². The Balaban J connectivity index is 1.11. The summed E-state index contributed by atoms with van der Waals surface area (Å²) in [6, 6.07) is 23.8. The number of phenols is 1. The molecule has 5 aromatic rings. The molecule has 0 fully saturated rings. The van der Waals surface area contributed by atoms with Crippen LogP contribution >= 0.6 is 0 Å². The molecule has 0 saturated carbocycles. The second-order valence-electron chi connectivity index (χ2n) is 13.2. The molecule has 1 atom stereocenters. The van der Waals surface area contributed by atoms with E-state index in [4.69, 9.17) is 10.5 Å². The van der Waals surface area contributed by atoms with E-state index < -0.39 is 12.0 Å². The van der Waals surface area contributed by atoms with Crippen LogP contribution in [-0.4, -0.2) is 47.1 Å². The van der Waals surface area contributed by atoms with E-state index in [-0.39, 0.29) is 22.9 Å². The van der Waals surface area contributed by atoms with Crippen LogP contribution in [0.3, 0.4) is 0 Å². The highest BCUT2D eigenvalue weighted by atomic mass is 16.5. The molecule has 11 heteroatoms. The van der Waals surface area contributed by atoms with Gasteiger partial charge in [0, 0.05) is 35.4 Å². The minimum absolute atomic E-state index is 0.0413. The highest BCUT2D eigenvalue weighted by Crippen LogP contribution is 2.33. The van der Waals surface area contributed by atoms with Gasteiger partial charge in [0.15, 0.2) is 0 Å². The molecule has 0 spiro atoms. The van der Waals surface area contributed by atoms with E-state index >= 15 is 0 Å². The summed E-state index contributed by atoms with van der Waals surface area (Å²) in [4.78, 5) is 40.8. The molecule has 1 heterocycles. The number of nitrogens with one attached hydrogen (secondary N) is 3. The number of aliphatic hydroxyl groups excluding tert-OH is 1. The van der Waals surface area contributed by atoms with Crippen molar-refractivity contribution >= 4 is 46.2 Å². The fraction of sp³-hybridized carbons (Fsp3) is 0.286. The largest absolute Gasteiger partial charge is 0.506 e. The average molecular weight is 718 g/mol. The van der Waals surface area contributed by atoms with Crippen LogP contribution in [0, 0.1) is 6.92 Å². The minimum atomic E-state index is -0.664. The van der Waals surface area contributed by atoms with Gasteiger partial charge in [-0.2, -0.15) is 0 Å². The maximum atomic E-state index is 13.0. The number of aryl methyl sites for hydroxylation is 1. The number of unbranched alkanes of at least 4 members (excludes halogenated alkanes) is 5. The zero-order valence-corrected chi connectivity index (χ0v) is 30.2. The zero-order chi connectivity index (χ0) is 37.7. The van der Waals surface area contributed by atoms with Gasteiger partial charge in [-0.15, -0.1) is 0 Å². The van der Waals surface area contributed by atoms with Crippen LogP contribution in [-0.2, 0) is 11.2 Å². The van der Waals surface area contributed by atoms with Crippen LogP contribution in [0.15, 0.2) is 85.1 Å². The van der Waals surface area contributed by atoms with Gasteiger partial charge in [0.2, 0.25) is 6.41 Å². The van der Waals surface area contributed by atoms with Crippen molar-refractivity contribution in [2.24, 2.45) is 5.73 Å². The van der Waals surface area contributed by atoms with E-state index in [2.05, 4.69) is 27.0 Å². The van der Waals surface area contributed by atoms with Crippen molar-refractivity contribution in [3.63, 3.8) is 0 Å². The van der Waals surface area contributed by atoms with E-state index in [1.807, 2.05) is 61.5 Å². The summed E-state index contributed by atoms with van der Waals surface area (Å²) in [6.07, 6.45) is 8.26. The summed E-state index contributed by atoms with van der Waals surface area (Å²) < 4.78 is 5.37. The Morgan fingerprint density at radius 1 is 0.925 bits per heavy atom. The number of ether oxygens (including phenoxy) is 1. The van der Waals surface area contributed by atoms with Crippen molar-refractivity contribution in [2.75, 3.05) is 24.3 Å². The number of fused-ring (bicyclic) bond motifs is 1.